The molecule has 0 saturated carbocycles. The van der Waals surface area contributed by atoms with Crippen LogP contribution < -0.4 is 9.62 Å². The van der Waals surface area contributed by atoms with Crippen molar-refractivity contribution in [1.29, 1.82) is 0 Å². The lowest BCUT2D eigenvalue weighted by Crippen LogP contribution is -2.28. The van der Waals surface area contributed by atoms with E-state index in [-0.39, 0.29) is 10.8 Å². The highest BCUT2D eigenvalue weighted by atomic mass is 32.2. The number of aryl methyl sites for hydroxylation is 1. The minimum Gasteiger partial charge on any atom is -0.382 e. The van der Waals surface area contributed by atoms with Gasteiger partial charge in [0.2, 0.25) is 0 Å². The van der Waals surface area contributed by atoms with Crippen LogP contribution in [0.1, 0.15) is 29.3 Å². The summed E-state index contributed by atoms with van der Waals surface area (Å²) in [6, 6.07) is 13.3. The van der Waals surface area contributed by atoms with Crippen LogP contribution in [0.3, 0.4) is 0 Å². The molecule has 2 rings (SSSR count). The molecule has 27 heavy (non-hydrogen) atoms. The van der Waals surface area contributed by atoms with Crippen LogP contribution in [-0.2, 0) is 14.8 Å². The highest BCUT2D eigenvalue weighted by molar-refractivity contribution is 7.92. The topological polar surface area (TPSA) is 75.7 Å². The third-order valence-corrected chi connectivity index (χ3v) is 5.89. The first-order valence-electron chi connectivity index (χ1n) is 8.88. The van der Waals surface area contributed by atoms with Gasteiger partial charge in [-0.1, -0.05) is 23.8 Å². The number of rotatable bonds is 9. The molecule has 0 radical (unpaired) electrons. The van der Waals surface area contributed by atoms with E-state index in [2.05, 4.69) is 5.32 Å². The molecule has 1 amide bonds. The fourth-order valence-electron chi connectivity index (χ4n) is 2.47. The van der Waals surface area contributed by atoms with Crippen molar-refractivity contribution in [2.24, 2.45) is 0 Å². The molecule has 2 aromatic rings. The Morgan fingerprint density at radius 3 is 2.52 bits per heavy atom. The molecule has 0 spiro atoms. The molecule has 7 heteroatoms. The Morgan fingerprint density at radius 1 is 1.15 bits per heavy atom. The standard InChI is InChI=1S/C20H26N2O4S/c1-4-26-14-6-13-21-20(23)17-7-5-8-19(15-17)27(24,25)22(3)18-11-9-16(2)10-12-18/h5,7-12,15H,4,6,13-14H2,1-3H3,(H,21,23). The second-order valence-electron chi connectivity index (χ2n) is 6.14. The quantitative estimate of drug-likeness (QED) is 0.668. The molecule has 2 aromatic carbocycles. The predicted molar refractivity (Wildman–Crippen MR) is 107 cm³/mol. The number of benzene rings is 2. The molecular formula is C20H26N2O4S. The summed E-state index contributed by atoms with van der Waals surface area (Å²) in [6.45, 7) is 5.54. The van der Waals surface area contributed by atoms with Crippen molar-refractivity contribution < 1.29 is 17.9 Å². The maximum Gasteiger partial charge on any atom is 0.264 e. The zero-order valence-electron chi connectivity index (χ0n) is 15.9. The van der Waals surface area contributed by atoms with E-state index in [1.807, 2.05) is 26.0 Å². The molecule has 6 nitrogen and oxygen atoms in total. The molecule has 0 unspecified atom stereocenters. The van der Waals surface area contributed by atoms with E-state index in [4.69, 9.17) is 4.74 Å². The largest absolute Gasteiger partial charge is 0.382 e. The van der Waals surface area contributed by atoms with E-state index >= 15 is 0 Å². The summed E-state index contributed by atoms with van der Waals surface area (Å²) in [6.07, 6.45) is 0.702. The number of nitrogens with zero attached hydrogens (tertiary/aromatic N) is 1. The van der Waals surface area contributed by atoms with Crippen LogP contribution in [-0.4, -0.2) is 41.1 Å². The van der Waals surface area contributed by atoms with Gasteiger partial charge in [-0.3, -0.25) is 9.10 Å². The Morgan fingerprint density at radius 2 is 1.85 bits per heavy atom. The van der Waals surface area contributed by atoms with Gasteiger partial charge < -0.3 is 10.1 Å². The Bertz CT molecular complexity index is 864. The molecule has 0 atom stereocenters. The monoisotopic (exact) mass is 390 g/mol. The fourth-order valence-corrected chi connectivity index (χ4v) is 3.71. The van der Waals surface area contributed by atoms with Crippen LogP contribution in [0.25, 0.3) is 0 Å². The van der Waals surface area contributed by atoms with Crippen molar-refractivity contribution in [1.82, 2.24) is 5.32 Å². The summed E-state index contributed by atoms with van der Waals surface area (Å²) >= 11 is 0. The normalized spacial score (nSPS) is 11.2. The SMILES string of the molecule is CCOCCCNC(=O)c1cccc(S(=O)(=O)N(C)c2ccc(C)cc2)c1. The second-order valence-corrected chi connectivity index (χ2v) is 8.11. The highest BCUT2D eigenvalue weighted by Crippen LogP contribution is 2.23. The van der Waals surface area contributed by atoms with Gasteiger partial charge in [-0.15, -0.1) is 0 Å². The Balaban J connectivity index is 2.12. The summed E-state index contributed by atoms with van der Waals surface area (Å²) in [5, 5.41) is 2.78. The van der Waals surface area contributed by atoms with E-state index in [1.54, 1.807) is 24.3 Å². The lowest BCUT2D eigenvalue weighted by atomic mass is 10.2. The predicted octanol–water partition coefficient (Wildman–Crippen LogP) is 2.98. The maximum absolute atomic E-state index is 12.9. The van der Waals surface area contributed by atoms with Crippen molar-refractivity contribution in [3.05, 3.63) is 59.7 Å². The first kappa shape index (κ1) is 20.9. The maximum atomic E-state index is 12.9. The summed E-state index contributed by atoms with van der Waals surface area (Å²) < 4.78 is 32.2. The smallest absolute Gasteiger partial charge is 0.264 e. The Hall–Kier alpha value is -2.38. The van der Waals surface area contributed by atoms with E-state index in [0.717, 1.165) is 5.56 Å². The number of amides is 1. The van der Waals surface area contributed by atoms with Gasteiger partial charge in [0.25, 0.3) is 15.9 Å². The molecule has 0 aliphatic carbocycles. The van der Waals surface area contributed by atoms with Gasteiger partial charge >= 0.3 is 0 Å². The average Bonchev–Trinajstić information content (AvgIpc) is 2.67. The lowest BCUT2D eigenvalue weighted by Gasteiger charge is -2.20. The third kappa shape index (κ3) is 5.55. The van der Waals surface area contributed by atoms with E-state index in [1.165, 1.54) is 23.5 Å². The first-order valence-corrected chi connectivity index (χ1v) is 10.3. The van der Waals surface area contributed by atoms with Crippen LogP contribution in [0.15, 0.2) is 53.4 Å². The van der Waals surface area contributed by atoms with Gasteiger partial charge in [-0.05, 0) is 50.6 Å². The average molecular weight is 391 g/mol. The minimum absolute atomic E-state index is 0.0764. The zero-order chi connectivity index (χ0) is 19.9. The number of ether oxygens (including phenoxy) is 1. The van der Waals surface area contributed by atoms with Gasteiger partial charge in [0.05, 0.1) is 10.6 Å². The number of carbonyl (C=O) groups is 1. The summed E-state index contributed by atoms with van der Waals surface area (Å²) in [5.41, 5.74) is 1.92. The summed E-state index contributed by atoms with van der Waals surface area (Å²) in [5.74, 6) is -0.304. The van der Waals surface area contributed by atoms with Gasteiger partial charge in [0.1, 0.15) is 0 Å². The number of nitrogens with one attached hydrogen (secondary N) is 1. The van der Waals surface area contributed by atoms with Crippen molar-refractivity contribution in [2.45, 2.75) is 25.2 Å². The molecule has 0 aromatic heterocycles. The Kier molecular flexibility index (Phi) is 7.38. The fraction of sp³-hybridized carbons (Fsp3) is 0.350. The second kappa shape index (κ2) is 9.53. The minimum atomic E-state index is -3.76. The number of anilines is 1. The zero-order valence-corrected chi connectivity index (χ0v) is 16.8. The molecule has 0 bridgehead atoms. The molecular weight excluding hydrogens is 364 g/mol. The van der Waals surface area contributed by atoms with E-state index < -0.39 is 10.0 Å². The van der Waals surface area contributed by atoms with Crippen LogP contribution in [0.4, 0.5) is 5.69 Å². The van der Waals surface area contributed by atoms with E-state index in [0.29, 0.717) is 37.4 Å². The van der Waals surface area contributed by atoms with Crippen LogP contribution >= 0.6 is 0 Å². The number of sulfonamides is 1. The van der Waals surface area contributed by atoms with Gasteiger partial charge in [0, 0.05) is 32.4 Å². The summed E-state index contributed by atoms with van der Waals surface area (Å²) in [4.78, 5) is 12.3. The van der Waals surface area contributed by atoms with Crippen molar-refractivity contribution >= 4 is 21.6 Å². The highest BCUT2D eigenvalue weighted by Gasteiger charge is 2.22. The number of hydrogen-bond donors (Lipinski definition) is 1. The summed E-state index contributed by atoms with van der Waals surface area (Å²) in [7, 11) is -2.26. The number of carbonyl (C=O) groups excluding carboxylic acids is 1. The molecule has 0 saturated heterocycles. The lowest BCUT2D eigenvalue weighted by molar-refractivity contribution is 0.0944. The van der Waals surface area contributed by atoms with Crippen molar-refractivity contribution in [2.75, 3.05) is 31.1 Å². The molecule has 146 valence electrons. The first-order chi connectivity index (χ1) is 12.9. The number of hydrogen-bond acceptors (Lipinski definition) is 4. The molecule has 0 heterocycles. The molecule has 1 N–H and O–H groups in total. The van der Waals surface area contributed by atoms with Gasteiger partial charge in [-0.2, -0.15) is 0 Å². The van der Waals surface area contributed by atoms with Crippen LogP contribution in [0.5, 0.6) is 0 Å². The van der Waals surface area contributed by atoms with Crippen molar-refractivity contribution in [3.63, 3.8) is 0 Å². The molecule has 0 fully saturated rings. The van der Waals surface area contributed by atoms with Crippen LogP contribution in [0, 0.1) is 6.92 Å². The van der Waals surface area contributed by atoms with Gasteiger partial charge in [0.15, 0.2) is 0 Å². The van der Waals surface area contributed by atoms with E-state index in [9.17, 15) is 13.2 Å². The van der Waals surface area contributed by atoms with Crippen molar-refractivity contribution in [3.8, 4) is 0 Å². The third-order valence-electron chi connectivity index (χ3n) is 4.11. The van der Waals surface area contributed by atoms with Gasteiger partial charge in [-0.25, -0.2) is 8.42 Å². The Labute approximate surface area is 161 Å². The molecule has 0 aliphatic heterocycles. The molecule has 0 aliphatic rings. The van der Waals surface area contributed by atoms with Crippen LogP contribution in [0.2, 0.25) is 0 Å².